The minimum absolute atomic E-state index is 0.249. The van der Waals surface area contributed by atoms with E-state index in [1.807, 2.05) is 68.4 Å². The van der Waals surface area contributed by atoms with Gasteiger partial charge in [0.25, 0.3) is 5.91 Å². The molecule has 0 fully saturated rings. The molecule has 1 amide bonds. The molecule has 4 heteroatoms. The maximum Gasteiger partial charge on any atom is 0.287 e. The molecule has 4 aromatic rings. The number of carbonyl (C=O) groups is 1. The maximum absolute atomic E-state index is 14.5. The topological polar surface area (TPSA) is 42.2 Å². The van der Waals surface area contributed by atoms with Gasteiger partial charge < -0.3 is 9.73 Å². The van der Waals surface area contributed by atoms with Crippen LogP contribution in [-0.4, -0.2) is 12.5 Å². The third-order valence-electron chi connectivity index (χ3n) is 5.29. The summed E-state index contributed by atoms with van der Waals surface area (Å²) in [6.45, 7) is 4.39. The van der Waals surface area contributed by atoms with Gasteiger partial charge in [0.1, 0.15) is 11.6 Å². The van der Waals surface area contributed by atoms with Gasteiger partial charge in [-0.1, -0.05) is 65.4 Å². The first-order valence-corrected chi connectivity index (χ1v) is 10.8. The fourth-order valence-corrected chi connectivity index (χ4v) is 3.33. The molecule has 0 aliphatic heterocycles. The Balaban J connectivity index is 1.32. The Morgan fingerprint density at radius 1 is 0.879 bits per heavy atom. The Hall–Kier alpha value is -4.10. The molecule has 1 N–H and O–H groups in total. The van der Waals surface area contributed by atoms with E-state index in [0.29, 0.717) is 24.3 Å². The van der Waals surface area contributed by atoms with E-state index in [1.54, 1.807) is 18.2 Å². The van der Waals surface area contributed by atoms with E-state index in [-0.39, 0.29) is 17.5 Å². The lowest BCUT2D eigenvalue weighted by molar-refractivity contribution is 0.0927. The molecule has 3 aromatic carbocycles. The molecule has 0 saturated heterocycles. The maximum atomic E-state index is 14.5. The molecule has 0 spiro atoms. The zero-order chi connectivity index (χ0) is 23.2. The molecule has 1 heterocycles. The van der Waals surface area contributed by atoms with Crippen LogP contribution in [0.15, 0.2) is 83.3 Å². The highest BCUT2D eigenvalue weighted by Crippen LogP contribution is 2.22. The summed E-state index contributed by atoms with van der Waals surface area (Å²) in [4.78, 5) is 12.4. The second-order valence-electron chi connectivity index (χ2n) is 7.97. The lowest BCUT2D eigenvalue weighted by Gasteiger charge is -2.05. The summed E-state index contributed by atoms with van der Waals surface area (Å²) in [6.07, 6.45) is 0.500. The van der Waals surface area contributed by atoms with E-state index < -0.39 is 0 Å². The lowest BCUT2D eigenvalue weighted by atomic mass is 10.1. The van der Waals surface area contributed by atoms with Gasteiger partial charge in [0, 0.05) is 17.7 Å². The lowest BCUT2D eigenvalue weighted by Crippen LogP contribution is -2.25. The zero-order valence-electron chi connectivity index (χ0n) is 18.6. The van der Waals surface area contributed by atoms with E-state index in [2.05, 4.69) is 17.2 Å². The zero-order valence-corrected chi connectivity index (χ0v) is 18.6. The SMILES string of the molecule is Cc1ccc(C#Cc2ccc(CCNC(=O)c3ccc(-c4ccc(C)cc4)o3)cc2F)cc1. The van der Waals surface area contributed by atoms with Gasteiger partial charge in [0.15, 0.2) is 5.76 Å². The van der Waals surface area contributed by atoms with Gasteiger partial charge in [0.05, 0.1) is 5.56 Å². The van der Waals surface area contributed by atoms with Crippen molar-refractivity contribution in [3.8, 4) is 23.2 Å². The molecule has 3 nitrogen and oxygen atoms in total. The Morgan fingerprint density at radius 3 is 2.27 bits per heavy atom. The largest absolute Gasteiger partial charge is 0.451 e. The highest BCUT2D eigenvalue weighted by Gasteiger charge is 2.12. The number of hydrogen-bond acceptors (Lipinski definition) is 2. The smallest absolute Gasteiger partial charge is 0.287 e. The van der Waals surface area contributed by atoms with Crippen molar-refractivity contribution < 1.29 is 13.6 Å². The molecule has 0 aliphatic rings. The molecule has 33 heavy (non-hydrogen) atoms. The second kappa shape index (κ2) is 10.0. The molecule has 0 aliphatic carbocycles. The van der Waals surface area contributed by atoms with Crippen LogP contribution in [-0.2, 0) is 6.42 Å². The summed E-state index contributed by atoms with van der Waals surface area (Å²) in [5, 5.41) is 2.82. The highest BCUT2D eigenvalue weighted by atomic mass is 19.1. The first-order chi connectivity index (χ1) is 16.0. The quantitative estimate of drug-likeness (QED) is 0.385. The van der Waals surface area contributed by atoms with Gasteiger partial charge in [-0.2, -0.15) is 0 Å². The van der Waals surface area contributed by atoms with Gasteiger partial charge in [-0.3, -0.25) is 4.79 Å². The third-order valence-corrected chi connectivity index (χ3v) is 5.29. The Kier molecular flexibility index (Phi) is 6.71. The second-order valence-corrected chi connectivity index (χ2v) is 7.97. The van der Waals surface area contributed by atoms with Crippen LogP contribution in [0.2, 0.25) is 0 Å². The van der Waals surface area contributed by atoms with E-state index in [0.717, 1.165) is 27.8 Å². The van der Waals surface area contributed by atoms with Crippen LogP contribution < -0.4 is 5.32 Å². The van der Waals surface area contributed by atoms with Crippen molar-refractivity contribution in [2.75, 3.05) is 6.54 Å². The fraction of sp³-hybridized carbons (Fsp3) is 0.138. The van der Waals surface area contributed by atoms with Gasteiger partial charge >= 0.3 is 0 Å². The summed E-state index contributed by atoms with van der Waals surface area (Å²) in [6, 6.07) is 24.1. The Bertz CT molecular complexity index is 1320. The number of hydrogen-bond donors (Lipinski definition) is 1. The van der Waals surface area contributed by atoms with Crippen molar-refractivity contribution in [3.05, 3.63) is 118 Å². The van der Waals surface area contributed by atoms with Crippen LogP contribution in [0.3, 0.4) is 0 Å². The van der Waals surface area contributed by atoms with Gasteiger partial charge in [-0.05, 0) is 62.2 Å². The molecule has 0 saturated carbocycles. The molecule has 164 valence electrons. The number of nitrogens with one attached hydrogen (secondary N) is 1. The number of aryl methyl sites for hydroxylation is 2. The predicted molar refractivity (Wildman–Crippen MR) is 128 cm³/mol. The monoisotopic (exact) mass is 437 g/mol. The molecule has 1 aromatic heterocycles. The summed E-state index contributed by atoms with van der Waals surface area (Å²) in [5.41, 5.74) is 5.21. The van der Waals surface area contributed by atoms with Gasteiger partial charge in [0.2, 0.25) is 0 Å². The molecule has 4 rings (SSSR count). The predicted octanol–water partition coefficient (Wildman–Crippen LogP) is 6.07. The van der Waals surface area contributed by atoms with Crippen molar-refractivity contribution in [3.63, 3.8) is 0 Å². The number of halogens is 1. The van der Waals surface area contributed by atoms with Crippen molar-refractivity contribution in [1.82, 2.24) is 5.32 Å². The summed E-state index contributed by atoms with van der Waals surface area (Å²) >= 11 is 0. The molecule has 0 bridgehead atoms. The first kappa shape index (κ1) is 22.1. The number of carbonyl (C=O) groups excluding carboxylic acids is 1. The summed E-state index contributed by atoms with van der Waals surface area (Å²) < 4.78 is 20.1. The van der Waals surface area contributed by atoms with Crippen LogP contribution in [0.1, 0.15) is 38.4 Å². The molecule has 0 unspecified atom stereocenters. The molecular weight excluding hydrogens is 413 g/mol. The number of furan rings is 1. The molecule has 0 radical (unpaired) electrons. The summed E-state index contributed by atoms with van der Waals surface area (Å²) in [5.74, 6) is 6.09. The number of rotatable bonds is 5. The van der Waals surface area contributed by atoms with E-state index in [9.17, 15) is 9.18 Å². The average molecular weight is 438 g/mol. The third kappa shape index (κ3) is 5.78. The van der Waals surface area contributed by atoms with Crippen LogP contribution in [0.4, 0.5) is 4.39 Å². The van der Waals surface area contributed by atoms with Crippen LogP contribution in [0, 0.1) is 31.5 Å². The Morgan fingerprint density at radius 2 is 1.58 bits per heavy atom. The van der Waals surface area contributed by atoms with Crippen LogP contribution >= 0.6 is 0 Å². The summed E-state index contributed by atoms with van der Waals surface area (Å²) in [7, 11) is 0. The molecule has 0 atom stereocenters. The van der Waals surface area contributed by atoms with Crippen molar-refractivity contribution in [2.45, 2.75) is 20.3 Å². The standard InChI is InChI=1S/C29H24FNO2/c1-20-3-7-22(8-4-20)9-13-24-14-10-23(19-26(24)30)17-18-31-29(32)28-16-15-27(33-28)25-11-5-21(2)6-12-25/h3-8,10-12,14-16,19H,17-18H2,1-2H3,(H,31,32). The van der Waals surface area contributed by atoms with Crippen molar-refractivity contribution in [2.24, 2.45) is 0 Å². The van der Waals surface area contributed by atoms with Crippen LogP contribution in [0.5, 0.6) is 0 Å². The average Bonchev–Trinajstić information content (AvgIpc) is 3.30. The van der Waals surface area contributed by atoms with E-state index in [1.165, 1.54) is 6.07 Å². The first-order valence-electron chi connectivity index (χ1n) is 10.8. The van der Waals surface area contributed by atoms with Gasteiger partial charge in [-0.15, -0.1) is 0 Å². The fourth-order valence-electron chi connectivity index (χ4n) is 3.33. The van der Waals surface area contributed by atoms with Crippen LogP contribution in [0.25, 0.3) is 11.3 Å². The minimum Gasteiger partial charge on any atom is -0.451 e. The number of benzene rings is 3. The number of amides is 1. The minimum atomic E-state index is -0.368. The van der Waals surface area contributed by atoms with Crippen molar-refractivity contribution >= 4 is 5.91 Å². The van der Waals surface area contributed by atoms with E-state index >= 15 is 0 Å². The normalized spacial score (nSPS) is 10.4. The van der Waals surface area contributed by atoms with Crippen molar-refractivity contribution in [1.29, 1.82) is 0 Å². The van der Waals surface area contributed by atoms with E-state index in [4.69, 9.17) is 4.42 Å². The highest BCUT2D eigenvalue weighted by molar-refractivity contribution is 5.92. The molecular formula is C29H24FNO2. The Labute approximate surface area is 193 Å². The van der Waals surface area contributed by atoms with Gasteiger partial charge in [-0.25, -0.2) is 4.39 Å².